The number of nitrogens with two attached hydrogens (primary N) is 1. The van der Waals surface area contributed by atoms with Crippen molar-refractivity contribution in [1.29, 1.82) is 0 Å². The van der Waals surface area contributed by atoms with Crippen LogP contribution >= 0.6 is 0 Å². The van der Waals surface area contributed by atoms with Gasteiger partial charge in [-0.3, -0.25) is 4.84 Å². The Morgan fingerprint density at radius 1 is 1.38 bits per heavy atom. The number of halogens is 3. The van der Waals surface area contributed by atoms with Crippen LogP contribution < -0.4 is 10.6 Å². The summed E-state index contributed by atoms with van der Waals surface area (Å²) in [5.74, 6) is -0.481. The summed E-state index contributed by atoms with van der Waals surface area (Å²) in [6.45, 7) is -1.76. The summed E-state index contributed by atoms with van der Waals surface area (Å²) in [4.78, 5) is 3.90. The summed E-state index contributed by atoms with van der Waals surface area (Å²) in [5, 5.41) is 4.56. The maximum Gasteiger partial charge on any atom is 0.413 e. The highest BCUT2D eigenvalue weighted by molar-refractivity contribution is 7.89. The number of sulfonamides is 1. The molecule has 0 aromatic carbocycles. The van der Waals surface area contributed by atoms with Gasteiger partial charge in [-0.15, -0.1) is 0 Å². The molecule has 0 aromatic heterocycles. The molecule has 0 saturated heterocycles. The quantitative estimate of drug-likeness (QED) is 0.479. The Hall–Kier alpha value is -0.380. The average Bonchev–Trinajstić information content (AvgIpc) is 1.81. The van der Waals surface area contributed by atoms with Crippen molar-refractivity contribution in [3.8, 4) is 0 Å². The number of hydrogen-bond acceptors (Lipinski definition) is 4. The third kappa shape index (κ3) is 11.6. The van der Waals surface area contributed by atoms with Gasteiger partial charge in [0.05, 0.1) is 5.75 Å². The molecule has 0 atom stereocenters. The Kier molecular flexibility index (Phi) is 4.61. The Balaban J connectivity index is 3.39. The largest absolute Gasteiger partial charge is 0.413 e. The second kappa shape index (κ2) is 4.74. The third-order valence-corrected chi connectivity index (χ3v) is 1.60. The van der Waals surface area contributed by atoms with Crippen molar-refractivity contribution < 1.29 is 26.4 Å². The van der Waals surface area contributed by atoms with Crippen LogP contribution in [-0.2, 0) is 14.9 Å². The van der Waals surface area contributed by atoms with Crippen molar-refractivity contribution in [2.45, 2.75) is 6.18 Å². The van der Waals surface area contributed by atoms with Gasteiger partial charge in [-0.05, 0) is 0 Å². The fraction of sp³-hybridized carbons (Fsp3) is 1.00. The fourth-order valence-electron chi connectivity index (χ4n) is 0.389. The van der Waals surface area contributed by atoms with Crippen LogP contribution in [0.25, 0.3) is 0 Å². The predicted molar refractivity (Wildman–Crippen MR) is 38.0 cm³/mol. The van der Waals surface area contributed by atoms with Crippen molar-refractivity contribution in [1.82, 2.24) is 5.48 Å². The minimum atomic E-state index is -4.44. The lowest BCUT2D eigenvalue weighted by Crippen LogP contribution is -2.30. The second-order valence-electron chi connectivity index (χ2n) is 2.17. The molecule has 0 aliphatic carbocycles. The van der Waals surface area contributed by atoms with Gasteiger partial charge in [0, 0.05) is 6.54 Å². The monoisotopic (exact) mass is 222 g/mol. The highest BCUT2D eigenvalue weighted by atomic mass is 32.2. The van der Waals surface area contributed by atoms with Gasteiger partial charge in [0.1, 0.15) is 0 Å². The Labute approximate surface area is 73.0 Å². The summed E-state index contributed by atoms with van der Waals surface area (Å²) in [7, 11) is -3.66. The molecule has 5 nitrogen and oxygen atoms in total. The molecule has 0 aliphatic rings. The SMILES string of the molecule is NS(=O)(=O)CCNOCC(F)(F)F. The Morgan fingerprint density at radius 2 is 1.92 bits per heavy atom. The van der Waals surface area contributed by atoms with Crippen molar-refractivity contribution >= 4 is 10.0 Å². The van der Waals surface area contributed by atoms with Crippen LogP contribution in [0.4, 0.5) is 13.2 Å². The van der Waals surface area contributed by atoms with E-state index in [1.165, 1.54) is 0 Å². The number of rotatable bonds is 5. The van der Waals surface area contributed by atoms with Crippen LogP contribution in [-0.4, -0.2) is 33.5 Å². The molecule has 13 heavy (non-hydrogen) atoms. The minimum absolute atomic E-state index is 0.283. The van der Waals surface area contributed by atoms with E-state index in [1.54, 1.807) is 0 Å². The maximum absolute atomic E-state index is 11.4. The molecule has 0 spiro atoms. The fourth-order valence-corrected chi connectivity index (χ4v) is 0.757. The second-order valence-corrected chi connectivity index (χ2v) is 3.90. The van der Waals surface area contributed by atoms with E-state index >= 15 is 0 Å². The summed E-state index contributed by atoms with van der Waals surface area (Å²) < 4.78 is 54.7. The molecule has 0 radical (unpaired) electrons. The lowest BCUT2D eigenvalue weighted by atomic mass is 10.7. The van der Waals surface area contributed by atoms with Gasteiger partial charge in [-0.2, -0.15) is 13.2 Å². The topological polar surface area (TPSA) is 81.4 Å². The van der Waals surface area contributed by atoms with Crippen molar-refractivity contribution in [2.75, 3.05) is 18.9 Å². The third-order valence-electron chi connectivity index (χ3n) is 0.827. The van der Waals surface area contributed by atoms with Gasteiger partial charge in [0.25, 0.3) is 0 Å². The molecule has 0 saturated carbocycles. The van der Waals surface area contributed by atoms with E-state index in [0.717, 1.165) is 0 Å². The van der Waals surface area contributed by atoms with Crippen LogP contribution in [0.3, 0.4) is 0 Å². The lowest BCUT2D eigenvalue weighted by Gasteiger charge is -2.07. The zero-order valence-corrected chi connectivity index (χ0v) is 7.28. The van der Waals surface area contributed by atoms with Gasteiger partial charge in [-0.1, -0.05) is 0 Å². The number of nitrogens with one attached hydrogen (secondary N) is 1. The van der Waals surface area contributed by atoms with Gasteiger partial charge < -0.3 is 0 Å². The molecule has 0 bridgehead atoms. The van der Waals surface area contributed by atoms with Crippen LogP contribution in [0.15, 0.2) is 0 Å². The van der Waals surface area contributed by atoms with Gasteiger partial charge in [0.2, 0.25) is 10.0 Å². The number of hydrogen-bond donors (Lipinski definition) is 2. The van der Waals surface area contributed by atoms with E-state index in [4.69, 9.17) is 0 Å². The highest BCUT2D eigenvalue weighted by Gasteiger charge is 2.27. The van der Waals surface area contributed by atoms with E-state index in [2.05, 4.69) is 9.98 Å². The normalized spacial score (nSPS) is 13.2. The van der Waals surface area contributed by atoms with Crippen LogP contribution in [0.5, 0.6) is 0 Å². The van der Waals surface area contributed by atoms with Gasteiger partial charge in [-0.25, -0.2) is 19.0 Å². The van der Waals surface area contributed by atoms with E-state index in [9.17, 15) is 21.6 Å². The van der Waals surface area contributed by atoms with Crippen molar-refractivity contribution in [2.24, 2.45) is 5.14 Å². The van der Waals surface area contributed by atoms with Gasteiger partial charge >= 0.3 is 6.18 Å². The molecule has 0 heterocycles. The van der Waals surface area contributed by atoms with E-state index in [-0.39, 0.29) is 6.54 Å². The molecule has 3 N–H and O–H groups in total. The van der Waals surface area contributed by atoms with E-state index < -0.39 is 28.6 Å². The Bertz CT molecular complexity index is 238. The van der Waals surface area contributed by atoms with E-state index in [1.807, 2.05) is 5.48 Å². The molecule has 0 unspecified atom stereocenters. The molecule has 0 aliphatic heterocycles. The molecule has 9 heteroatoms. The summed E-state index contributed by atoms with van der Waals surface area (Å²) in [6.07, 6.45) is -4.44. The summed E-state index contributed by atoms with van der Waals surface area (Å²) in [6, 6.07) is 0. The first-order valence-corrected chi connectivity index (χ1v) is 4.84. The highest BCUT2D eigenvalue weighted by Crippen LogP contribution is 2.13. The lowest BCUT2D eigenvalue weighted by molar-refractivity contribution is -0.188. The van der Waals surface area contributed by atoms with Crippen LogP contribution in [0.1, 0.15) is 0 Å². The molecular formula is C4H9F3N2O3S. The number of alkyl halides is 3. The molecule has 0 amide bonds. The summed E-state index contributed by atoms with van der Waals surface area (Å²) in [5.41, 5.74) is 1.82. The van der Waals surface area contributed by atoms with E-state index in [0.29, 0.717) is 0 Å². The predicted octanol–water partition coefficient (Wildman–Crippen LogP) is -0.642. The minimum Gasteiger partial charge on any atom is -0.292 e. The van der Waals surface area contributed by atoms with Crippen molar-refractivity contribution in [3.63, 3.8) is 0 Å². The first-order valence-electron chi connectivity index (χ1n) is 3.12. The zero-order chi connectivity index (χ0) is 10.5. The summed E-state index contributed by atoms with van der Waals surface area (Å²) >= 11 is 0. The number of hydroxylamine groups is 1. The average molecular weight is 222 g/mol. The molecule has 0 rings (SSSR count). The molecule has 0 fully saturated rings. The molecular weight excluding hydrogens is 213 g/mol. The smallest absolute Gasteiger partial charge is 0.292 e. The van der Waals surface area contributed by atoms with Crippen LogP contribution in [0, 0.1) is 0 Å². The first-order chi connectivity index (χ1) is 5.71. The van der Waals surface area contributed by atoms with Crippen LogP contribution in [0.2, 0.25) is 0 Å². The van der Waals surface area contributed by atoms with Gasteiger partial charge in [0.15, 0.2) is 6.61 Å². The molecule has 0 aromatic rings. The first kappa shape index (κ1) is 12.6. The van der Waals surface area contributed by atoms with Crippen molar-refractivity contribution in [3.05, 3.63) is 0 Å². The molecule has 80 valence electrons. The Morgan fingerprint density at radius 3 is 2.31 bits per heavy atom. The maximum atomic E-state index is 11.4. The zero-order valence-electron chi connectivity index (χ0n) is 6.47. The standard InChI is InChI=1S/C4H9F3N2O3S/c5-4(6,7)3-12-9-1-2-13(8,10)11/h9H,1-3H2,(H2,8,10,11). The number of primary sulfonamides is 1.